The molecular weight excluding hydrogens is 336 g/mol. The van der Waals surface area contributed by atoms with Crippen molar-refractivity contribution in [2.24, 2.45) is 0 Å². The van der Waals surface area contributed by atoms with Gasteiger partial charge in [-0.1, -0.05) is 43.7 Å². The van der Waals surface area contributed by atoms with Gasteiger partial charge in [0.1, 0.15) is 4.88 Å². The summed E-state index contributed by atoms with van der Waals surface area (Å²) >= 11 is 3.04. The van der Waals surface area contributed by atoms with Gasteiger partial charge >= 0.3 is 0 Å². The molecule has 0 aliphatic rings. The lowest BCUT2D eigenvalue weighted by Crippen LogP contribution is -2.28. The van der Waals surface area contributed by atoms with E-state index in [0.29, 0.717) is 4.88 Å². The van der Waals surface area contributed by atoms with Gasteiger partial charge in [-0.2, -0.15) is 0 Å². The number of carbonyl (C=O) groups excluding carboxylic acids is 1. The maximum atomic E-state index is 12.6. The number of nitrogens with one attached hydrogen (secondary N) is 1. The van der Waals surface area contributed by atoms with Crippen LogP contribution in [0.25, 0.3) is 0 Å². The van der Waals surface area contributed by atoms with Gasteiger partial charge in [-0.3, -0.25) is 4.79 Å². The van der Waals surface area contributed by atoms with Gasteiger partial charge in [-0.15, -0.1) is 22.7 Å². The number of carbonyl (C=O) groups is 1. The maximum Gasteiger partial charge on any atom is 0.264 e. The van der Waals surface area contributed by atoms with Crippen LogP contribution < -0.4 is 5.32 Å². The van der Waals surface area contributed by atoms with E-state index >= 15 is 0 Å². The summed E-state index contributed by atoms with van der Waals surface area (Å²) in [6.45, 7) is 4.05. The van der Waals surface area contributed by atoms with Crippen molar-refractivity contribution in [3.05, 3.63) is 73.9 Å². The predicted molar refractivity (Wildman–Crippen MR) is 101 cm³/mol. The minimum absolute atomic E-state index is 0.0639. The average molecular weight is 357 g/mol. The smallest absolute Gasteiger partial charge is 0.264 e. The number of hydrogen-bond donors (Lipinski definition) is 1. The molecule has 0 aliphatic heterocycles. The number of nitrogens with zero attached hydrogens (tertiary/aromatic N) is 1. The van der Waals surface area contributed by atoms with Crippen molar-refractivity contribution in [3.8, 4) is 0 Å². The molecule has 1 unspecified atom stereocenters. The Balaban J connectivity index is 1.87. The summed E-state index contributed by atoms with van der Waals surface area (Å²) < 4.78 is 0. The number of thiophene rings is 1. The summed E-state index contributed by atoms with van der Waals surface area (Å²) in [5.74, 6) is -0.0639. The number of thiazole rings is 1. The molecular formula is C19H20N2OS2. The van der Waals surface area contributed by atoms with Crippen LogP contribution >= 0.6 is 22.7 Å². The van der Waals surface area contributed by atoms with Crippen molar-refractivity contribution in [3.63, 3.8) is 0 Å². The van der Waals surface area contributed by atoms with Gasteiger partial charge < -0.3 is 5.32 Å². The fourth-order valence-corrected chi connectivity index (χ4v) is 4.16. The second-order valence-corrected chi connectivity index (χ2v) is 7.51. The molecule has 0 saturated carbocycles. The number of benzene rings is 1. The van der Waals surface area contributed by atoms with Gasteiger partial charge in [0, 0.05) is 4.88 Å². The first-order valence-electron chi connectivity index (χ1n) is 8.02. The monoisotopic (exact) mass is 356 g/mol. The Kier molecular flexibility index (Phi) is 5.43. The molecule has 0 radical (unpaired) electrons. The highest BCUT2D eigenvalue weighted by atomic mass is 32.1. The summed E-state index contributed by atoms with van der Waals surface area (Å²) in [4.78, 5) is 18.6. The van der Waals surface area contributed by atoms with Gasteiger partial charge in [0.15, 0.2) is 0 Å². The second-order valence-electron chi connectivity index (χ2n) is 5.68. The van der Waals surface area contributed by atoms with E-state index in [1.165, 1.54) is 16.9 Å². The van der Waals surface area contributed by atoms with E-state index < -0.39 is 0 Å². The van der Waals surface area contributed by atoms with Crippen molar-refractivity contribution in [2.75, 3.05) is 0 Å². The fourth-order valence-electron chi connectivity index (χ4n) is 2.66. The van der Waals surface area contributed by atoms with Crippen LogP contribution in [0.2, 0.25) is 0 Å². The van der Waals surface area contributed by atoms with Crippen molar-refractivity contribution in [2.45, 2.75) is 32.7 Å². The summed E-state index contributed by atoms with van der Waals surface area (Å²) in [5, 5.41) is 5.21. The Hall–Kier alpha value is -1.98. The molecule has 1 N–H and O–H groups in total. The van der Waals surface area contributed by atoms with Crippen LogP contribution in [0, 0.1) is 6.92 Å². The highest BCUT2D eigenvalue weighted by Crippen LogP contribution is 2.27. The van der Waals surface area contributed by atoms with Crippen LogP contribution in [0.5, 0.6) is 0 Å². The summed E-state index contributed by atoms with van der Waals surface area (Å²) in [6, 6.07) is 12.5. The number of hydrogen-bond acceptors (Lipinski definition) is 4. The molecule has 1 amide bonds. The van der Waals surface area contributed by atoms with E-state index in [2.05, 4.69) is 47.6 Å². The molecule has 124 valence electrons. The van der Waals surface area contributed by atoms with Gasteiger partial charge in [0.2, 0.25) is 0 Å². The lowest BCUT2D eigenvalue weighted by Gasteiger charge is -2.18. The highest BCUT2D eigenvalue weighted by molar-refractivity contribution is 7.12. The zero-order valence-corrected chi connectivity index (χ0v) is 15.4. The molecule has 1 atom stereocenters. The van der Waals surface area contributed by atoms with Crippen molar-refractivity contribution >= 4 is 28.6 Å². The SMILES string of the molecule is CCCc1ccc(C(NC(=O)c2scnc2C)c2cccs2)cc1. The Morgan fingerprint density at radius 1 is 1.21 bits per heavy atom. The molecule has 3 rings (SSSR count). The summed E-state index contributed by atoms with van der Waals surface area (Å²) in [5.41, 5.74) is 4.92. The molecule has 3 aromatic rings. The minimum Gasteiger partial charge on any atom is -0.340 e. The van der Waals surface area contributed by atoms with Gasteiger partial charge in [0.25, 0.3) is 5.91 Å². The molecule has 0 aliphatic carbocycles. The third kappa shape index (κ3) is 3.74. The summed E-state index contributed by atoms with van der Waals surface area (Å²) in [6.07, 6.45) is 2.21. The Morgan fingerprint density at radius 3 is 2.58 bits per heavy atom. The molecule has 0 fully saturated rings. The zero-order valence-electron chi connectivity index (χ0n) is 13.8. The number of aryl methyl sites for hydroxylation is 2. The first-order chi connectivity index (χ1) is 11.7. The van der Waals surface area contributed by atoms with E-state index in [4.69, 9.17) is 0 Å². The summed E-state index contributed by atoms with van der Waals surface area (Å²) in [7, 11) is 0. The number of amides is 1. The standard InChI is InChI=1S/C19H20N2OS2/c1-3-5-14-7-9-15(10-8-14)17(16-6-4-11-23-16)21-19(22)18-13(2)20-12-24-18/h4,6-12,17H,3,5H2,1-2H3,(H,21,22). The molecule has 5 heteroatoms. The van der Waals surface area contributed by atoms with Crippen LogP contribution in [0.1, 0.15) is 50.8 Å². The topological polar surface area (TPSA) is 42.0 Å². The third-order valence-electron chi connectivity index (χ3n) is 3.91. The molecule has 2 aromatic heterocycles. The molecule has 0 saturated heterocycles. The molecule has 24 heavy (non-hydrogen) atoms. The van der Waals surface area contributed by atoms with Crippen LogP contribution in [0.3, 0.4) is 0 Å². The number of aromatic nitrogens is 1. The normalized spacial score (nSPS) is 12.1. The van der Waals surface area contributed by atoms with Crippen LogP contribution in [-0.2, 0) is 6.42 Å². The molecule has 0 spiro atoms. The highest BCUT2D eigenvalue weighted by Gasteiger charge is 2.20. The van der Waals surface area contributed by atoms with Crippen molar-refractivity contribution in [1.82, 2.24) is 10.3 Å². The second kappa shape index (κ2) is 7.73. The Labute approximate surface area is 150 Å². The lowest BCUT2D eigenvalue weighted by molar-refractivity contribution is 0.0947. The molecule has 0 bridgehead atoms. The maximum absolute atomic E-state index is 12.6. The fraction of sp³-hybridized carbons (Fsp3) is 0.263. The van der Waals surface area contributed by atoms with Crippen molar-refractivity contribution in [1.29, 1.82) is 0 Å². The lowest BCUT2D eigenvalue weighted by atomic mass is 10.0. The van der Waals surface area contributed by atoms with Gasteiger partial charge in [-0.05, 0) is 35.9 Å². The van der Waals surface area contributed by atoms with E-state index in [-0.39, 0.29) is 11.9 Å². The first-order valence-corrected chi connectivity index (χ1v) is 9.78. The van der Waals surface area contributed by atoms with E-state index in [9.17, 15) is 4.79 Å². The first kappa shape index (κ1) is 16.9. The van der Waals surface area contributed by atoms with Crippen molar-refractivity contribution < 1.29 is 4.79 Å². The molecule has 3 nitrogen and oxygen atoms in total. The Morgan fingerprint density at radius 2 is 2.00 bits per heavy atom. The Bertz CT molecular complexity index is 791. The average Bonchev–Trinajstić information content (AvgIpc) is 3.25. The minimum atomic E-state index is -0.130. The van der Waals surface area contributed by atoms with Crippen LogP contribution in [-0.4, -0.2) is 10.9 Å². The third-order valence-corrected chi connectivity index (χ3v) is 5.77. The van der Waals surface area contributed by atoms with E-state index in [0.717, 1.165) is 29.0 Å². The van der Waals surface area contributed by atoms with Gasteiger partial charge in [-0.25, -0.2) is 4.98 Å². The van der Waals surface area contributed by atoms with E-state index in [1.54, 1.807) is 16.8 Å². The van der Waals surface area contributed by atoms with Crippen LogP contribution in [0.15, 0.2) is 47.3 Å². The van der Waals surface area contributed by atoms with Crippen LogP contribution in [0.4, 0.5) is 0 Å². The van der Waals surface area contributed by atoms with Gasteiger partial charge in [0.05, 0.1) is 17.2 Å². The zero-order chi connectivity index (χ0) is 16.9. The largest absolute Gasteiger partial charge is 0.340 e. The number of rotatable bonds is 6. The molecule has 1 aromatic carbocycles. The quantitative estimate of drug-likeness (QED) is 0.676. The predicted octanol–water partition coefficient (Wildman–Crippen LogP) is 4.98. The van der Waals surface area contributed by atoms with E-state index in [1.807, 2.05) is 18.4 Å². The molecule has 2 heterocycles.